The first-order valence-electron chi connectivity index (χ1n) is 11.8. The predicted octanol–water partition coefficient (Wildman–Crippen LogP) is 4.87. The van der Waals surface area contributed by atoms with Crippen LogP contribution in [0.4, 0.5) is 17.6 Å². The highest BCUT2D eigenvalue weighted by atomic mass is 19.4. The van der Waals surface area contributed by atoms with Gasteiger partial charge in [0.25, 0.3) is 0 Å². The van der Waals surface area contributed by atoms with E-state index < -0.39 is 18.8 Å². The van der Waals surface area contributed by atoms with Crippen molar-refractivity contribution in [3.63, 3.8) is 0 Å². The molecule has 5 rings (SSSR count). The van der Waals surface area contributed by atoms with E-state index >= 15 is 0 Å². The molecule has 2 aromatic carbocycles. The van der Waals surface area contributed by atoms with E-state index in [4.69, 9.17) is 4.74 Å². The van der Waals surface area contributed by atoms with Gasteiger partial charge >= 0.3 is 6.18 Å². The van der Waals surface area contributed by atoms with Gasteiger partial charge in [0.05, 0.1) is 25.5 Å². The summed E-state index contributed by atoms with van der Waals surface area (Å²) in [5, 5.41) is 6.79. The molecule has 0 amide bonds. The maximum Gasteiger partial charge on any atom is 0.401 e. The van der Waals surface area contributed by atoms with Crippen molar-refractivity contribution in [2.75, 3.05) is 46.0 Å². The molecule has 186 valence electrons. The molecule has 1 atom stereocenters. The Labute approximate surface area is 201 Å². The quantitative estimate of drug-likeness (QED) is 0.460. The third-order valence-electron chi connectivity index (χ3n) is 6.81. The highest BCUT2D eigenvalue weighted by molar-refractivity contribution is 5.64. The van der Waals surface area contributed by atoms with Gasteiger partial charge in [-0.15, -0.1) is 0 Å². The average molecular weight is 489 g/mol. The maximum absolute atomic E-state index is 13.4. The molecule has 35 heavy (non-hydrogen) atoms. The Bertz CT molecular complexity index is 1110. The molecule has 0 spiro atoms. The summed E-state index contributed by atoms with van der Waals surface area (Å²) in [7, 11) is 0. The lowest BCUT2D eigenvalue weighted by molar-refractivity contribution is -0.150. The molecule has 5 nitrogen and oxygen atoms in total. The van der Waals surface area contributed by atoms with Gasteiger partial charge in [0, 0.05) is 43.9 Å². The van der Waals surface area contributed by atoms with E-state index in [1.54, 1.807) is 12.4 Å². The number of rotatable bonds is 8. The topological polar surface area (TPSA) is 44.4 Å². The van der Waals surface area contributed by atoms with Crippen LogP contribution in [0.2, 0.25) is 0 Å². The minimum absolute atomic E-state index is 0.142. The fourth-order valence-corrected chi connectivity index (χ4v) is 5.05. The van der Waals surface area contributed by atoms with Crippen molar-refractivity contribution in [1.29, 1.82) is 0 Å². The smallest absolute Gasteiger partial charge is 0.401 e. The minimum atomic E-state index is -4.28. The number of aromatic nitrogens is 2. The standard InChI is InChI=1S/C26H28F4N4O/c27-12-18-15-33(16-18)9-10-35-23-4-1-19(2-5-23)25-24-6-3-20(22-13-31-32-14-22)11-21(24)7-8-34(25)17-26(28,29)30/h1-6,11,13-14,18,25H,7-10,12,15-17H2,(H,31,32)/t25-/m1/s1. The molecule has 9 heteroatoms. The van der Waals surface area contributed by atoms with Crippen LogP contribution in [0, 0.1) is 5.92 Å². The summed E-state index contributed by atoms with van der Waals surface area (Å²) in [4.78, 5) is 3.64. The Balaban J connectivity index is 1.33. The molecule has 2 aliphatic heterocycles. The second-order valence-electron chi connectivity index (χ2n) is 9.34. The number of ether oxygens (including phenoxy) is 1. The highest BCUT2D eigenvalue weighted by Crippen LogP contribution is 2.39. The Morgan fingerprint density at radius 2 is 1.86 bits per heavy atom. The SMILES string of the molecule is FCC1CN(CCOc2ccc([C@@H]3c4ccc(-c5cn[nH]c5)cc4CCN3CC(F)(F)F)cc2)C1. The van der Waals surface area contributed by atoms with Crippen molar-refractivity contribution in [3.8, 4) is 16.9 Å². The van der Waals surface area contributed by atoms with Gasteiger partial charge in [-0.1, -0.05) is 30.3 Å². The van der Waals surface area contributed by atoms with Crippen molar-refractivity contribution >= 4 is 0 Å². The number of hydrogen-bond acceptors (Lipinski definition) is 4. The van der Waals surface area contributed by atoms with E-state index in [9.17, 15) is 17.6 Å². The zero-order chi connectivity index (χ0) is 24.4. The normalized spacial score (nSPS) is 19.4. The zero-order valence-corrected chi connectivity index (χ0v) is 19.3. The first-order chi connectivity index (χ1) is 16.9. The molecule has 1 aromatic heterocycles. The van der Waals surface area contributed by atoms with Gasteiger partial charge in [0.2, 0.25) is 0 Å². The molecular formula is C26H28F4N4O. The third-order valence-corrected chi connectivity index (χ3v) is 6.81. The van der Waals surface area contributed by atoms with E-state index in [-0.39, 0.29) is 12.6 Å². The summed E-state index contributed by atoms with van der Waals surface area (Å²) < 4.78 is 58.6. The van der Waals surface area contributed by atoms with Crippen LogP contribution < -0.4 is 4.74 Å². The summed E-state index contributed by atoms with van der Waals surface area (Å²) in [5.74, 6) is 0.813. The van der Waals surface area contributed by atoms with E-state index in [0.717, 1.165) is 47.5 Å². The number of aromatic amines is 1. The van der Waals surface area contributed by atoms with Gasteiger partial charge in [0.1, 0.15) is 12.4 Å². The van der Waals surface area contributed by atoms with Gasteiger partial charge in [-0.2, -0.15) is 18.3 Å². The van der Waals surface area contributed by atoms with Crippen LogP contribution in [-0.4, -0.2) is 72.2 Å². The van der Waals surface area contributed by atoms with Crippen LogP contribution in [0.25, 0.3) is 11.1 Å². The lowest BCUT2D eigenvalue weighted by atomic mass is 9.86. The fourth-order valence-electron chi connectivity index (χ4n) is 5.05. The Morgan fingerprint density at radius 3 is 2.54 bits per heavy atom. The van der Waals surface area contributed by atoms with Gasteiger partial charge in [-0.05, 0) is 40.8 Å². The third kappa shape index (κ3) is 5.51. The second-order valence-corrected chi connectivity index (χ2v) is 9.34. The molecule has 0 bridgehead atoms. The molecule has 3 heterocycles. The first kappa shape index (κ1) is 23.8. The number of fused-ring (bicyclic) bond motifs is 1. The van der Waals surface area contributed by atoms with E-state index in [0.29, 0.717) is 25.3 Å². The number of benzene rings is 2. The Morgan fingerprint density at radius 1 is 1.06 bits per heavy atom. The number of nitrogens with one attached hydrogen (secondary N) is 1. The van der Waals surface area contributed by atoms with Crippen molar-refractivity contribution in [1.82, 2.24) is 20.0 Å². The van der Waals surface area contributed by atoms with E-state index in [1.807, 2.05) is 36.4 Å². The summed E-state index contributed by atoms with van der Waals surface area (Å²) in [6.07, 6.45) is -0.196. The number of alkyl halides is 4. The van der Waals surface area contributed by atoms with Crippen LogP contribution in [0.3, 0.4) is 0 Å². The number of likely N-dealkylation sites (tertiary alicyclic amines) is 1. The highest BCUT2D eigenvalue weighted by Gasteiger charge is 2.37. The summed E-state index contributed by atoms with van der Waals surface area (Å²) in [5.41, 5.74) is 4.67. The molecule has 3 aromatic rings. The summed E-state index contributed by atoms with van der Waals surface area (Å²) in [6, 6.07) is 12.8. The molecule has 0 aliphatic carbocycles. The lowest BCUT2D eigenvalue weighted by Gasteiger charge is -2.38. The van der Waals surface area contributed by atoms with Gasteiger partial charge in [-0.3, -0.25) is 19.3 Å². The second kappa shape index (κ2) is 9.99. The fraction of sp³-hybridized carbons (Fsp3) is 0.423. The Kier molecular flexibility index (Phi) is 6.80. The van der Waals surface area contributed by atoms with Gasteiger partial charge in [0.15, 0.2) is 0 Å². The molecule has 0 saturated carbocycles. The van der Waals surface area contributed by atoms with Gasteiger partial charge in [-0.25, -0.2) is 0 Å². The Hall–Kier alpha value is -2.91. The molecule has 0 radical (unpaired) electrons. The number of nitrogens with zero attached hydrogens (tertiary/aromatic N) is 3. The molecular weight excluding hydrogens is 460 g/mol. The largest absolute Gasteiger partial charge is 0.492 e. The molecule has 2 aliphatic rings. The van der Waals surface area contributed by atoms with E-state index in [2.05, 4.69) is 21.2 Å². The molecule has 1 fully saturated rings. The molecule has 1 saturated heterocycles. The van der Waals surface area contributed by atoms with Crippen LogP contribution in [0.5, 0.6) is 5.75 Å². The lowest BCUT2D eigenvalue weighted by Crippen LogP contribution is -2.49. The summed E-state index contributed by atoms with van der Waals surface area (Å²) >= 11 is 0. The number of hydrogen-bond donors (Lipinski definition) is 1. The van der Waals surface area contributed by atoms with E-state index in [1.165, 1.54) is 4.90 Å². The molecule has 0 unspecified atom stereocenters. The van der Waals surface area contributed by atoms with Crippen LogP contribution in [0.15, 0.2) is 54.9 Å². The maximum atomic E-state index is 13.4. The monoisotopic (exact) mass is 488 g/mol. The molecule has 1 N–H and O–H groups in total. The number of halogens is 4. The summed E-state index contributed by atoms with van der Waals surface area (Å²) in [6.45, 7) is 1.82. The predicted molar refractivity (Wildman–Crippen MR) is 125 cm³/mol. The number of H-pyrrole nitrogens is 1. The van der Waals surface area contributed by atoms with Crippen molar-refractivity contribution < 1.29 is 22.3 Å². The van der Waals surface area contributed by atoms with Crippen molar-refractivity contribution in [3.05, 3.63) is 71.5 Å². The minimum Gasteiger partial charge on any atom is -0.492 e. The van der Waals surface area contributed by atoms with Crippen LogP contribution in [-0.2, 0) is 6.42 Å². The van der Waals surface area contributed by atoms with Crippen molar-refractivity contribution in [2.24, 2.45) is 5.92 Å². The van der Waals surface area contributed by atoms with Crippen LogP contribution >= 0.6 is 0 Å². The van der Waals surface area contributed by atoms with Crippen molar-refractivity contribution in [2.45, 2.75) is 18.6 Å². The average Bonchev–Trinajstić information content (AvgIpc) is 3.35. The van der Waals surface area contributed by atoms with Crippen LogP contribution in [0.1, 0.15) is 22.7 Å². The van der Waals surface area contributed by atoms with Gasteiger partial charge < -0.3 is 4.74 Å². The zero-order valence-electron chi connectivity index (χ0n) is 19.3. The first-order valence-corrected chi connectivity index (χ1v) is 11.8.